The summed E-state index contributed by atoms with van der Waals surface area (Å²) in [4.78, 5) is 8.87. The van der Waals surface area contributed by atoms with E-state index < -0.39 is 0 Å². The van der Waals surface area contributed by atoms with Crippen LogP contribution in [0.2, 0.25) is 0 Å². The van der Waals surface area contributed by atoms with Crippen LogP contribution >= 0.6 is 0 Å². The number of halogens is 1. The first-order valence-corrected chi connectivity index (χ1v) is 9.57. The zero-order valence-corrected chi connectivity index (χ0v) is 17.0. The van der Waals surface area contributed by atoms with Gasteiger partial charge in [0.1, 0.15) is 11.6 Å². The van der Waals surface area contributed by atoms with Crippen LogP contribution in [0.15, 0.2) is 65.3 Å². The van der Waals surface area contributed by atoms with Crippen LogP contribution in [0.4, 0.5) is 10.2 Å². The second-order valence-electron chi connectivity index (χ2n) is 6.98. The molecule has 0 fully saturated rings. The minimum absolute atomic E-state index is 0.305. The van der Waals surface area contributed by atoms with E-state index in [2.05, 4.69) is 46.4 Å². The van der Waals surface area contributed by atoms with Gasteiger partial charge in [0.05, 0.1) is 5.56 Å². The van der Waals surface area contributed by atoms with Crippen molar-refractivity contribution in [2.45, 2.75) is 13.8 Å². The standard InChI is InChI=1S/C24H21FN4O/c1-15-9-10-17(12-16(15)2)13-21(18-6-4-7-19(25)14-18)24-28-23(29-30-24)20-8-5-11-27-22(20)26-3/h4-14H,1-3H3,(H,26,27)/b21-13-. The number of aryl methyl sites for hydroxylation is 2. The van der Waals surface area contributed by atoms with E-state index in [-0.39, 0.29) is 5.82 Å². The Labute approximate surface area is 174 Å². The number of benzene rings is 2. The molecule has 0 saturated carbocycles. The second-order valence-corrected chi connectivity index (χ2v) is 6.98. The largest absolute Gasteiger partial charge is 0.373 e. The third-order valence-electron chi connectivity index (χ3n) is 4.92. The van der Waals surface area contributed by atoms with E-state index >= 15 is 0 Å². The van der Waals surface area contributed by atoms with Crippen LogP contribution < -0.4 is 5.32 Å². The molecule has 4 aromatic rings. The van der Waals surface area contributed by atoms with Gasteiger partial charge in [0, 0.05) is 18.8 Å². The predicted octanol–water partition coefficient (Wildman–Crippen LogP) is 5.52. The van der Waals surface area contributed by atoms with Gasteiger partial charge in [0.25, 0.3) is 5.89 Å². The minimum atomic E-state index is -0.331. The molecule has 5 nitrogen and oxygen atoms in total. The first-order valence-electron chi connectivity index (χ1n) is 9.57. The van der Waals surface area contributed by atoms with Gasteiger partial charge in [-0.15, -0.1) is 0 Å². The number of pyridine rings is 1. The first-order chi connectivity index (χ1) is 14.5. The second kappa shape index (κ2) is 8.29. The molecule has 0 aliphatic rings. The fraction of sp³-hybridized carbons (Fsp3) is 0.125. The zero-order chi connectivity index (χ0) is 21.1. The molecule has 4 rings (SSSR count). The highest BCUT2D eigenvalue weighted by atomic mass is 19.1. The fourth-order valence-corrected chi connectivity index (χ4v) is 3.17. The molecule has 150 valence electrons. The molecule has 2 heterocycles. The molecular formula is C24H21FN4O. The van der Waals surface area contributed by atoms with Crippen LogP contribution in [-0.2, 0) is 0 Å². The SMILES string of the molecule is CNc1ncccc1-c1noc(/C(=C\c2ccc(C)c(C)c2)c2cccc(F)c2)n1. The number of rotatable bonds is 5. The van der Waals surface area contributed by atoms with Gasteiger partial charge < -0.3 is 9.84 Å². The van der Waals surface area contributed by atoms with E-state index in [1.807, 2.05) is 30.3 Å². The summed E-state index contributed by atoms with van der Waals surface area (Å²) < 4.78 is 19.6. The third kappa shape index (κ3) is 3.98. The summed E-state index contributed by atoms with van der Waals surface area (Å²) in [6.45, 7) is 4.12. The summed E-state index contributed by atoms with van der Waals surface area (Å²) in [6, 6.07) is 16.2. The third-order valence-corrected chi connectivity index (χ3v) is 4.92. The summed E-state index contributed by atoms with van der Waals surface area (Å²) in [5.74, 6) is 1.03. The Kier molecular flexibility index (Phi) is 5.39. The summed E-state index contributed by atoms with van der Waals surface area (Å²) in [7, 11) is 1.78. The summed E-state index contributed by atoms with van der Waals surface area (Å²) in [5.41, 5.74) is 5.36. The van der Waals surface area contributed by atoms with E-state index in [0.717, 1.165) is 11.1 Å². The lowest BCUT2D eigenvalue weighted by atomic mass is 10.00. The number of aromatic nitrogens is 3. The molecule has 0 saturated heterocycles. The molecule has 0 atom stereocenters. The van der Waals surface area contributed by atoms with Crippen molar-refractivity contribution in [2.75, 3.05) is 12.4 Å². The molecule has 2 aromatic heterocycles. The van der Waals surface area contributed by atoms with Gasteiger partial charge in [-0.05, 0) is 66.4 Å². The zero-order valence-electron chi connectivity index (χ0n) is 17.0. The van der Waals surface area contributed by atoms with Crippen LogP contribution in [0.5, 0.6) is 0 Å². The fourth-order valence-electron chi connectivity index (χ4n) is 3.17. The van der Waals surface area contributed by atoms with Crippen molar-refractivity contribution in [1.29, 1.82) is 0 Å². The number of hydrogen-bond acceptors (Lipinski definition) is 5. The van der Waals surface area contributed by atoms with Crippen molar-refractivity contribution in [3.63, 3.8) is 0 Å². The molecule has 30 heavy (non-hydrogen) atoms. The molecule has 0 bridgehead atoms. The molecule has 0 unspecified atom stereocenters. The Balaban J connectivity index is 1.84. The minimum Gasteiger partial charge on any atom is -0.373 e. The number of anilines is 1. The summed E-state index contributed by atoms with van der Waals surface area (Å²) in [5, 5.41) is 7.16. The summed E-state index contributed by atoms with van der Waals surface area (Å²) in [6.07, 6.45) is 3.62. The van der Waals surface area contributed by atoms with E-state index in [4.69, 9.17) is 4.52 Å². The van der Waals surface area contributed by atoms with Crippen molar-refractivity contribution in [2.24, 2.45) is 0 Å². The lowest BCUT2D eigenvalue weighted by Crippen LogP contribution is -1.96. The van der Waals surface area contributed by atoms with Gasteiger partial charge in [-0.1, -0.05) is 35.5 Å². The predicted molar refractivity (Wildman–Crippen MR) is 116 cm³/mol. The molecule has 0 aliphatic heterocycles. The van der Waals surface area contributed by atoms with Gasteiger partial charge in [0.15, 0.2) is 0 Å². The van der Waals surface area contributed by atoms with Crippen LogP contribution in [0, 0.1) is 19.7 Å². The topological polar surface area (TPSA) is 63.8 Å². The molecule has 6 heteroatoms. The quantitative estimate of drug-likeness (QED) is 0.447. The van der Waals surface area contributed by atoms with Crippen molar-refractivity contribution in [3.05, 3.63) is 94.8 Å². The monoisotopic (exact) mass is 400 g/mol. The molecule has 0 radical (unpaired) electrons. The lowest BCUT2D eigenvalue weighted by Gasteiger charge is -2.06. The Morgan fingerprint density at radius 2 is 1.90 bits per heavy atom. The normalized spacial score (nSPS) is 11.5. The maximum absolute atomic E-state index is 14.0. The number of hydrogen-bond donors (Lipinski definition) is 1. The van der Waals surface area contributed by atoms with Gasteiger partial charge in [0.2, 0.25) is 5.82 Å². The van der Waals surface area contributed by atoms with Crippen LogP contribution in [-0.4, -0.2) is 22.2 Å². The molecule has 0 amide bonds. The Morgan fingerprint density at radius 3 is 2.67 bits per heavy atom. The maximum atomic E-state index is 14.0. The highest BCUT2D eigenvalue weighted by Gasteiger charge is 2.17. The first kappa shape index (κ1) is 19.5. The Morgan fingerprint density at radius 1 is 1.03 bits per heavy atom. The molecule has 2 aromatic carbocycles. The van der Waals surface area contributed by atoms with Crippen LogP contribution in [0.25, 0.3) is 23.0 Å². The van der Waals surface area contributed by atoms with Gasteiger partial charge >= 0.3 is 0 Å². The molecular weight excluding hydrogens is 379 g/mol. The van der Waals surface area contributed by atoms with Crippen molar-refractivity contribution < 1.29 is 8.91 Å². The van der Waals surface area contributed by atoms with E-state index in [0.29, 0.717) is 28.7 Å². The van der Waals surface area contributed by atoms with Gasteiger partial charge in [-0.25, -0.2) is 9.37 Å². The van der Waals surface area contributed by atoms with Crippen LogP contribution in [0.3, 0.4) is 0 Å². The van der Waals surface area contributed by atoms with Crippen LogP contribution in [0.1, 0.15) is 28.1 Å². The van der Waals surface area contributed by atoms with Crippen molar-refractivity contribution in [3.8, 4) is 11.4 Å². The molecule has 1 N–H and O–H groups in total. The maximum Gasteiger partial charge on any atom is 0.258 e. The summed E-state index contributed by atoms with van der Waals surface area (Å²) >= 11 is 0. The average molecular weight is 400 g/mol. The van der Waals surface area contributed by atoms with Crippen molar-refractivity contribution in [1.82, 2.24) is 15.1 Å². The number of nitrogens with one attached hydrogen (secondary N) is 1. The average Bonchev–Trinajstić information content (AvgIpc) is 3.24. The number of nitrogens with zero attached hydrogens (tertiary/aromatic N) is 3. The smallest absolute Gasteiger partial charge is 0.258 e. The molecule has 0 spiro atoms. The van der Waals surface area contributed by atoms with Gasteiger partial charge in [-0.3, -0.25) is 0 Å². The Hall–Kier alpha value is -3.80. The van der Waals surface area contributed by atoms with Gasteiger partial charge in [-0.2, -0.15) is 4.98 Å². The highest BCUT2D eigenvalue weighted by molar-refractivity contribution is 5.89. The van der Waals surface area contributed by atoms with E-state index in [1.165, 1.54) is 23.3 Å². The highest BCUT2D eigenvalue weighted by Crippen LogP contribution is 2.29. The van der Waals surface area contributed by atoms with E-state index in [9.17, 15) is 4.39 Å². The lowest BCUT2D eigenvalue weighted by molar-refractivity contribution is 0.409. The Bertz CT molecular complexity index is 1230. The molecule has 0 aliphatic carbocycles. The van der Waals surface area contributed by atoms with E-state index in [1.54, 1.807) is 19.3 Å². The van der Waals surface area contributed by atoms with Crippen molar-refractivity contribution >= 4 is 17.5 Å².